The molecule has 1 fully saturated rings. The summed E-state index contributed by atoms with van der Waals surface area (Å²) in [6, 6.07) is 3.95. The zero-order valence-electron chi connectivity index (χ0n) is 11.1. The monoisotopic (exact) mass is 264 g/mol. The summed E-state index contributed by atoms with van der Waals surface area (Å²) in [5.41, 5.74) is 1.44. The van der Waals surface area contributed by atoms with Gasteiger partial charge in [0, 0.05) is 39.3 Å². The molecule has 1 atom stereocenters. The van der Waals surface area contributed by atoms with Crippen LogP contribution in [-0.4, -0.2) is 55.3 Å². The van der Waals surface area contributed by atoms with Crippen LogP contribution < -0.4 is 15.5 Å². The number of pyridine rings is 1. The molecule has 1 aromatic rings. The second-order valence-electron chi connectivity index (χ2n) is 4.59. The SMILES string of the molecule is CNC(=O)c1ccc(N2CCNC(CCO)C2)cn1. The lowest BCUT2D eigenvalue weighted by Gasteiger charge is -2.35. The van der Waals surface area contributed by atoms with E-state index < -0.39 is 0 Å². The lowest BCUT2D eigenvalue weighted by Crippen LogP contribution is -2.51. The number of hydrogen-bond donors (Lipinski definition) is 3. The summed E-state index contributed by atoms with van der Waals surface area (Å²) in [4.78, 5) is 17.8. The van der Waals surface area contributed by atoms with E-state index in [0.29, 0.717) is 11.7 Å². The van der Waals surface area contributed by atoms with Gasteiger partial charge in [-0.2, -0.15) is 0 Å². The van der Waals surface area contributed by atoms with Crippen LogP contribution in [-0.2, 0) is 0 Å². The molecule has 19 heavy (non-hydrogen) atoms. The Kier molecular flexibility index (Phi) is 4.70. The smallest absolute Gasteiger partial charge is 0.269 e. The number of rotatable bonds is 4. The Balaban J connectivity index is 2.03. The van der Waals surface area contributed by atoms with Gasteiger partial charge < -0.3 is 20.6 Å². The van der Waals surface area contributed by atoms with Gasteiger partial charge in [-0.05, 0) is 18.6 Å². The molecular weight excluding hydrogens is 244 g/mol. The van der Waals surface area contributed by atoms with Crippen molar-refractivity contribution in [2.45, 2.75) is 12.5 Å². The number of anilines is 1. The second kappa shape index (κ2) is 6.49. The number of piperazine rings is 1. The van der Waals surface area contributed by atoms with E-state index in [4.69, 9.17) is 5.11 Å². The Hall–Kier alpha value is -1.66. The number of nitrogens with zero attached hydrogens (tertiary/aromatic N) is 2. The number of aliphatic hydroxyl groups excluding tert-OH is 1. The molecule has 0 bridgehead atoms. The lowest BCUT2D eigenvalue weighted by molar-refractivity contribution is 0.0958. The van der Waals surface area contributed by atoms with Crippen LogP contribution in [0.4, 0.5) is 5.69 Å². The number of amides is 1. The van der Waals surface area contributed by atoms with E-state index in [1.165, 1.54) is 0 Å². The molecule has 0 saturated carbocycles. The molecule has 6 heteroatoms. The van der Waals surface area contributed by atoms with Crippen molar-refractivity contribution in [3.05, 3.63) is 24.0 Å². The van der Waals surface area contributed by atoms with Crippen molar-refractivity contribution < 1.29 is 9.90 Å². The van der Waals surface area contributed by atoms with Crippen LogP contribution in [0.3, 0.4) is 0 Å². The predicted molar refractivity (Wildman–Crippen MR) is 73.3 cm³/mol. The molecule has 104 valence electrons. The largest absolute Gasteiger partial charge is 0.396 e. The maximum atomic E-state index is 11.4. The van der Waals surface area contributed by atoms with Crippen LogP contribution in [0.1, 0.15) is 16.9 Å². The molecule has 6 nitrogen and oxygen atoms in total. The van der Waals surface area contributed by atoms with E-state index in [2.05, 4.69) is 20.5 Å². The van der Waals surface area contributed by atoms with Gasteiger partial charge in [0.2, 0.25) is 0 Å². The van der Waals surface area contributed by atoms with Crippen LogP contribution in [0, 0.1) is 0 Å². The fraction of sp³-hybridized carbons (Fsp3) is 0.538. The second-order valence-corrected chi connectivity index (χ2v) is 4.59. The molecule has 2 heterocycles. The molecule has 1 aliphatic rings. The summed E-state index contributed by atoms with van der Waals surface area (Å²) >= 11 is 0. The van der Waals surface area contributed by atoms with Crippen LogP contribution >= 0.6 is 0 Å². The van der Waals surface area contributed by atoms with Crippen LogP contribution in [0.15, 0.2) is 18.3 Å². The van der Waals surface area contributed by atoms with Gasteiger partial charge in [-0.3, -0.25) is 4.79 Å². The highest BCUT2D eigenvalue weighted by Gasteiger charge is 2.19. The Labute approximate surface area is 112 Å². The maximum Gasteiger partial charge on any atom is 0.269 e. The predicted octanol–water partition coefficient (Wildman–Crippen LogP) is -0.398. The van der Waals surface area contributed by atoms with Gasteiger partial charge in [-0.1, -0.05) is 0 Å². The Bertz CT molecular complexity index is 419. The van der Waals surface area contributed by atoms with Crippen LogP contribution in [0.5, 0.6) is 0 Å². The zero-order valence-corrected chi connectivity index (χ0v) is 11.1. The quantitative estimate of drug-likeness (QED) is 0.690. The van der Waals surface area contributed by atoms with Crippen molar-refractivity contribution in [2.75, 3.05) is 38.2 Å². The minimum absolute atomic E-state index is 0.176. The molecule has 1 amide bonds. The Morgan fingerprint density at radius 3 is 3.11 bits per heavy atom. The fourth-order valence-corrected chi connectivity index (χ4v) is 2.24. The van der Waals surface area contributed by atoms with Gasteiger partial charge in [-0.25, -0.2) is 4.98 Å². The summed E-state index contributed by atoms with van der Waals surface area (Å²) in [5.74, 6) is -0.176. The van der Waals surface area contributed by atoms with Crippen molar-refractivity contribution in [1.29, 1.82) is 0 Å². The molecule has 0 aliphatic carbocycles. The van der Waals surface area contributed by atoms with Crippen molar-refractivity contribution in [2.24, 2.45) is 0 Å². The summed E-state index contributed by atoms with van der Waals surface area (Å²) in [6.45, 7) is 2.84. The Morgan fingerprint density at radius 2 is 2.47 bits per heavy atom. The minimum atomic E-state index is -0.176. The lowest BCUT2D eigenvalue weighted by atomic mass is 10.1. The Morgan fingerprint density at radius 1 is 1.63 bits per heavy atom. The van der Waals surface area contributed by atoms with Crippen molar-refractivity contribution in [3.63, 3.8) is 0 Å². The van der Waals surface area contributed by atoms with E-state index in [9.17, 15) is 4.79 Å². The van der Waals surface area contributed by atoms with E-state index in [0.717, 1.165) is 31.7 Å². The average Bonchev–Trinajstić information content (AvgIpc) is 2.47. The molecule has 0 aromatic carbocycles. The van der Waals surface area contributed by atoms with Crippen molar-refractivity contribution in [1.82, 2.24) is 15.6 Å². The first-order valence-electron chi connectivity index (χ1n) is 6.52. The van der Waals surface area contributed by atoms with E-state index in [-0.39, 0.29) is 12.5 Å². The van der Waals surface area contributed by atoms with Gasteiger partial charge in [0.15, 0.2) is 0 Å². The standard InChI is InChI=1S/C13H20N4O2/c1-14-13(19)12-3-2-11(8-16-12)17-6-5-15-10(9-17)4-7-18/h2-3,8,10,15,18H,4-7,9H2,1H3,(H,14,19). The first-order valence-corrected chi connectivity index (χ1v) is 6.52. The molecular formula is C13H20N4O2. The van der Waals surface area contributed by atoms with E-state index >= 15 is 0 Å². The molecule has 1 aromatic heterocycles. The number of nitrogens with one attached hydrogen (secondary N) is 2. The van der Waals surface area contributed by atoms with E-state index in [1.54, 1.807) is 19.3 Å². The molecule has 1 unspecified atom stereocenters. The highest BCUT2D eigenvalue weighted by molar-refractivity contribution is 5.92. The summed E-state index contributed by atoms with van der Waals surface area (Å²) in [7, 11) is 1.59. The molecule has 1 saturated heterocycles. The number of hydrogen-bond acceptors (Lipinski definition) is 5. The number of aromatic nitrogens is 1. The van der Waals surface area contributed by atoms with E-state index in [1.807, 2.05) is 6.07 Å². The highest BCUT2D eigenvalue weighted by atomic mass is 16.3. The molecule has 0 radical (unpaired) electrons. The highest BCUT2D eigenvalue weighted by Crippen LogP contribution is 2.16. The maximum absolute atomic E-state index is 11.4. The average molecular weight is 264 g/mol. The fourth-order valence-electron chi connectivity index (χ4n) is 2.24. The third kappa shape index (κ3) is 3.42. The first-order chi connectivity index (χ1) is 9.24. The number of carbonyl (C=O) groups is 1. The van der Waals surface area contributed by atoms with Crippen molar-refractivity contribution >= 4 is 11.6 Å². The van der Waals surface area contributed by atoms with Gasteiger partial charge in [0.1, 0.15) is 5.69 Å². The summed E-state index contributed by atoms with van der Waals surface area (Å²) in [5, 5.41) is 14.9. The van der Waals surface area contributed by atoms with Gasteiger partial charge >= 0.3 is 0 Å². The van der Waals surface area contributed by atoms with Crippen molar-refractivity contribution in [3.8, 4) is 0 Å². The van der Waals surface area contributed by atoms with Crippen LogP contribution in [0.2, 0.25) is 0 Å². The number of carbonyl (C=O) groups excluding carboxylic acids is 1. The number of aliphatic hydroxyl groups is 1. The third-order valence-corrected chi connectivity index (χ3v) is 3.31. The molecule has 3 N–H and O–H groups in total. The van der Waals surface area contributed by atoms with Gasteiger partial charge in [-0.15, -0.1) is 0 Å². The van der Waals surface area contributed by atoms with Gasteiger partial charge in [0.25, 0.3) is 5.91 Å². The van der Waals surface area contributed by atoms with Gasteiger partial charge in [0.05, 0.1) is 11.9 Å². The molecule has 2 rings (SSSR count). The normalized spacial score (nSPS) is 19.3. The summed E-state index contributed by atoms with van der Waals surface area (Å²) in [6.07, 6.45) is 2.48. The van der Waals surface area contributed by atoms with Crippen LogP contribution in [0.25, 0.3) is 0 Å². The third-order valence-electron chi connectivity index (χ3n) is 3.31. The first kappa shape index (κ1) is 13.8. The zero-order chi connectivity index (χ0) is 13.7. The summed E-state index contributed by atoms with van der Waals surface area (Å²) < 4.78 is 0. The molecule has 1 aliphatic heterocycles. The minimum Gasteiger partial charge on any atom is -0.396 e. The topological polar surface area (TPSA) is 77.5 Å². The molecule has 0 spiro atoms.